The number of hydrogen-bond acceptors (Lipinski definition) is 4. The molecule has 0 aliphatic rings. The van der Waals surface area contributed by atoms with E-state index in [4.69, 9.17) is 0 Å². The quantitative estimate of drug-likeness (QED) is 0.379. The summed E-state index contributed by atoms with van der Waals surface area (Å²) in [7, 11) is 0. The van der Waals surface area contributed by atoms with Gasteiger partial charge in [-0.15, -0.1) is 0 Å². The predicted molar refractivity (Wildman–Crippen MR) is 104 cm³/mol. The van der Waals surface area contributed by atoms with E-state index in [1.807, 2.05) is 55.5 Å². The Morgan fingerprint density at radius 1 is 1.00 bits per heavy atom. The van der Waals surface area contributed by atoms with Crippen LogP contribution >= 0.6 is 0 Å². The molecule has 0 heterocycles. The van der Waals surface area contributed by atoms with Crippen molar-refractivity contribution < 1.29 is 14.7 Å². The summed E-state index contributed by atoms with van der Waals surface area (Å²) in [5, 5.41) is 18.1. The van der Waals surface area contributed by atoms with E-state index in [1.165, 1.54) is 6.21 Å². The van der Waals surface area contributed by atoms with Crippen LogP contribution in [0.1, 0.15) is 16.7 Å². The summed E-state index contributed by atoms with van der Waals surface area (Å²) in [5.74, 6) is -1.62. The Kier molecular flexibility index (Phi) is 5.47. The smallest absolute Gasteiger partial charge is 0.329 e. The van der Waals surface area contributed by atoms with Gasteiger partial charge in [0.1, 0.15) is 5.75 Å². The second-order valence-corrected chi connectivity index (χ2v) is 6.09. The van der Waals surface area contributed by atoms with E-state index in [2.05, 4.69) is 15.8 Å². The van der Waals surface area contributed by atoms with E-state index >= 15 is 0 Å². The molecule has 0 spiro atoms. The molecule has 0 bridgehead atoms. The number of carbonyl (C=O) groups is 2. The molecule has 3 rings (SSSR count). The third-order valence-electron chi connectivity index (χ3n) is 4.09. The highest BCUT2D eigenvalue weighted by Gasteiger charge is 2.12. The van der Waals surface area contributed by atoms with Crippen LogP contribution in [0, 0.1) is 6.92 Å². The number of nitrogens with one attached hydrogen (secondary N) is 2. The number of rotatable bonds is 4. The second kappa shape index (κ2) is 8.14. The fourth-order valence-electron chi connectivity index (χ4n) is 2.59. The van der Waals surface area contributed by atoms with Crippen molar-refractivity contribution in [1.82, 2.24) is 10.7 Å². The van der Waals surface area contributed by atoms with Crippen molar-refractivity contribution in [2.45, 2.75) is 13.5 Å². The number of nitrogens with zero attached hydrogens (tertiary/aromatic N) is 1. The van der Waals surface area contributed by atoms with Crippen LogP contribution in [-0.2, 0) is 16.1 Å². The van der Waals surface area contributed by atoms with Crippen molar-refractivity contribution in [2.24, 2.45) is 5.10 Å². The number of hydrogen-bond donors (Lipinski definition) is 3. The minimum atomic E-state index is -0.877. The summed E-state index contributed by atoms with van der Waals surface area (Å²) in [6.45, 7) is 2.22. The Bertz CT molecular complexity index is 1010. The second-order valence-electron chi connectivity index (χ2n) is 6.09. The highest BCUT2D eigenvalue weighted by molar-refractivity contribution is 6.35. The maximum atomic E-state index is 11.9. The number of aromatic hydroxyl groups is 1. The number of amides is 2. The average molecular weight is 361 g/mol. The largest absolute Gasteiger partial charge is 0.507 e. The molecule has 2 amide bonds. The van der Waals surface area contributed by atoms with Crippen LogP contribution in [0.15, 0.2) is 65.8 Å². The van der Waals surface area contributed by atoms with Gasteiger partial charge in [0.25, 0.3) is 0 Å². The van der Waals surface area contributed by atoms with Gasteiger partial charge in [0, 0.05) is 12.1 Å². The van der Waals surface area contributed by atoms with Gasteiger partial charge in [-0.2, -0.15) is 5.10 Å². The van der Waals surface area contributed by atoms with Gasteiger partial charge in [-0.05, 0) is 29.3 Å². The number of hydrazone groups is 1. The summed E-state index contributed by atoms with van der Waals surface area (Å²) >= 11 is 0. The minimum Gasteiger partial charge on any atom is -0.507 e. The van der Waals surface area contributed by atoms with Crippen molar-refractivity contribution in [1.29, 1.82) is 0 Å². The van der Waals surface area contributed by atoms with Crippen molar-refractivity contribution in [3.05, 3.63) is 77.4 Å². The third-order valence-corrected chi connectivity index (χ3v) is 4.09. The van der Waals surface area contributed by atoms with Gasteiger partial charge in [0.15, 0.2) is 0 Å². The van der Waals surface area contributed by atoms with Gasteiger partial charge in [0.2, 0.25) is 0 Å². The van der Waals surface area contributed by atoms with Gasteiger partial charge < -0.3 is 10.4 Å². The lowest BCUT2D eigenvalue weighted by Gasteiger charge is -2.06. The Balaban J connectivity index is 1.61. The van der Waals surface area contributed by atoms with Crippen LogP contribution in [0.5, 0.6) is 5.75 Å². The molecule has 0 fully saturated rings. The van der Waals surface area contributed by atoms with Gasteiger partial charge in [-0.25, -0.2) is 5.43 Å². The number of fused-ring (bicyclic) bond motifs is 1. The van der Waals surface area contributed by atoms with Crippen molar-refractivity contribution in [3.63, 3.8) is 0 Å². The number of aryl methyl sites for hydroxylation is 1. The van der Waals surface area contributed by atoms with Crippen molar-refractivity contribution in [2.75, 3.05) is 0 Å². The summed E-state index contributed by atoms with van der Waals surface area (Å²) in [4.78, 5) is 23.7. The van der Waals surface area contributed by atoms with E-state index in [0.717, 1.165) is 21.9 Å². The van der Waals surface area contributed by atoms with E-state index in [1.54, 1.807) is 12.1 Å². The van der Waals surface area contributed by atoms with Gasteiger partial charge in [0.05, 0.1) is 6.21 Å². The van der Waals surface area contributed by atoms with Gasteiger partial charge in [-0.3, -0.25) is 9.59 Å². The third kappa shape index (κ3) is 4.49. The SMILES string of the molecule is Cc1ccc(CNC(=O)C(=O)N/N=C/c2c(O)ccc3ccccc23)cc1. The molecule has 0 aliphatic heterocycles. The number of phenols is 1. The van der Waals surface area contributed by atoms with Crippen LogP contribution < -0.4 is 10.7 Å². The molecule has 3 aromatic carbocycles. The Labute approximate surface area is 156 Å². The zero-order valence-electron chi connectivity index (χ0n) is 14.8. The lowest BCUT2D eigenvalue weighted by atomic mass is 10.0. The maximum absolute atomic E-state index is 11.9. The molecular weight excluding hydrogens is 342 g/mol. The van der Waals surface area contributed by atoms with Gasteiger partial charge in [-0.1, -0.05) is 60.2 Å². The zero-order chi connectivity index (χ0) is 19.2. The summed E-state index contributed by atoms with van der Waals surface area (Å²) in [6, 6.07) is 18.5. The molecule has 6 heteroatoms. The Hall–Kier alpha value is -3.67. The zero-order valence-corrected chi connectivity index (χ0v) is 14.8. The monoisotopic (exact) mass is 361 g/mol. The fourth-order valence-corrected chi connectivity index (χ4v) is 2.59. The molecule has 0 atom stereocenters. The molecule has 27 heavy (non-hydrogen) atoms. The molecule has 0 aromatic heterocycles. The number of carbonyl (C=O) groups excluding carboxylic acids is 2. The van der Waals surface area contributed by atoms with Crippen LogP contribution in [0.4, 0.5) is 0 Å². The van der Waals surface area contributed by atoms with Crippen molar-refractivity contribution in [3.8, 4) is 5.75 Å². The Morgan fingerprint density at radius 3 is 2.52 bits per heavy atom. The first-order valence-corrected chi connectivity index (χ1v) is 8.42. The summed E-state index contributed by atoms with van der Waals surface area (Å²) < 4.78 is 0. The highest BCUT2D eigenvalue weighted by Crippen LogP contribution is 2.25. The van der Waals surface area contributed by atoms with Crippen LogP contribution in [0.3, 0.4) is 0 Å². The molecule has 0 saturated carbocycles. The molecule has 0 saturated heterocycles. The Morgan fingerprint density at radius 2 is 1.74 bits per heavy atom. The lowest BCUT2D eigenvalue weighted by Crippen LogP contribution is -2.37. The summed E-state index contributed by atoms with van der Waals surface area (Å²) in [5.41, 5.74) is 4.66. The molecular formula is C21H19N3O3. The van der Waals surface area contributed by atoms with E-state index < -0.39 is 11.8 Å². The molecule has 3 aromatic rings. The van der Waals surface area contributed by atoms with E-state index in [9.17, 15) is 14.7 Å². The first-order chi connectivity index (χ1) is 13.0. The molecule has 0 aliphatic carbocycles. The van der Waals surface area contributed by atoms with Crippen LogP contribution in [0.2, 0.25) is 0 Å². The average Bonchev–Trinajstić information content (AvgIpc) is 2.68. The molecule has 0 unspecified atom stereocenters. The summed E-state index contributed by atoms with van der Waals surface area (Å²) in [6.07, 6.45) is 1.32. The predicted octanol–water partition coefficient (Wildman–Crippen LogP) is 2.62. The normalized spacial score (nSPS) is 10.9. The first-order valence-electron chi connectivity index (χ1n) is 8.42. The molecule has 6 nitrogen and oxygen atoms in total. The van der Waals surface area contributed by atoms with E-state index in [-0.39, 0.29) is 12.3 Å². The minimum absolute atomic E-state index is 0.0375. The molecule has 0 radical (unpaired) electrons. The van der Waals surface area contributed by atoms with E-state index in [0.29, 0.717) is 5.56 Å². The standard InChI is InChI=1S/C21H19N3O3/c1-14-6-8-15(9-7-14)12-22-20(26)21(27)24-23-13-18-17-5-3-2-4-16(17)10-11-19(18)25/h2-11,13,25H,12H2,1H3,(H,22,26)(H,24,27)/b23-13+. The fraction of sp³-hybridized carbons (Fsp3) is 0.0952. The topological polar surface area (TPSA) is 90.8 Å². The number of benzene rings is 3. The number of phenolic OH excluding ortho intramolecular Hbond substituents is 1. The van der Waals surface area contributed by atoms with Gasteiger partial charge >= 0.3 is 11.8 Å². The molecule has 136 valence electrons. The first kappa shape index (κ1) is 18.1. The lowest BCUT2D eigenvalue weighted by molar-refractivity contribution is -0.139. The molecule has 3 N–H and O–H groups in total. The van der Waals surface area contributed by atoms with Crippen LogP contribution in [-0.4, -0.2) is 23.1 Å². The van der Waals surface area contributed by atoms with Crippen LogP contribution in [0.25, 0.3) is 10.8 Å². The highest BCUT2D eigenvalue weighted by atomic mass is 16.3. The maximum Gasteiger partial charge on any atom is 0.329 e. The van der Waals surface area contributed by atoms with Crippen molar-refractivity contribution >= 4 is 28.8 Å².